The summed E-state index contributed by atoms with van der Waals surface area (Å²) in [5.74, 6) is 0.250. The lowest BCUT2D eigenvalue weighted by atomic mass is 9.87. The van der Waals surface area contributed by atoms with Crippen LogP contribution in [0.3, 0.4) is 0 Å². The highest BCUT2D eigenvalue weighted by Crippen LogP contribution is 2.34. The fourth-order valence-corrected chi connectivity index (χ4v) is 4.56. The Kier molecular flexibility index (Phi) is 4.06. The summed E-state index contributed by atoms with van der Waals surface area (Å²) in [4.78, 5) is 0. The first-order chi connectivity index (χ1) is 10.5. The Bertz CT molecular complexity index is 767. The summed E-state index contributed by atoms with van der Waals surface area (Å²) >= 11 is 0. The molecular weight excluding hydrogens is 298 g/mol. The van der Waals surface area contributed by atoms with E-state index in [-0.39, 0.29) is 11.7 Å². The van der Waals surface area contributed by atoms with Crippen molar-refractivity contribution in [3.63, 3.8) is 0 Å². The van der Waals surface area contributed by atoms with Gasteiger partial charge in [0.05, 0.1) is 11.9 Å². The minimum atomic E-state index is -3.20. The van der Waals surface area contributed by atoms with Gasteiger partial charge in [0.25, 0.3) is 0 Å². The highest BCUT2D eigenvalue weighted by atomic mass is 32.2. The summed E-state index contributed by atoms with van der Waals surface area (Å²) in [6.07, 6.45) is 4.44. The van der Waals surface area contributed by atoms with Gasteiger partial charge in [0.15, 0.2) is 0 Å². The predicted molar refractivity (Wildman–Crippen MR) is 86.0 cm³/mol. The summed E-state index contributed by atoms with van der Waals surface area (Å²) in [5, 5.41) is 4.24. The van der Waals surface area contributed by atoms with Crippen molar-refractivity contribution in [1.82, 2.24) is 14.1 Å². The van der Waals surface area contributed by atoms with Crippen molar-refractivity contribution >= 4 is 10.0 Å². The molecule has 0 aliphatic carbocycles. The molecule has 2 heterocycles. The van der Waals surface area contributed by atoms with Gasteiger partial charge < -0.3 is 0 Å². The fourth-order valence-electron chi connectivity index (χ4n) is 3.08. The number of rotatable bonds is 4. The van der Waals surface area contributed by atoms with E-state index in [9.17, 15) is 8.42 Å². The first kappa shape index (κ1) is 15.2. The number of fused-ring (bicyclic) bond motifs is 1. The molecule has 6 heteroatoms. The normalized spacial score (nSPS) is 19.1. The highest BCUT2D eigenvalue weighted by Gasteiger charge is 2.32. The van der Waals surface area contributed by atoms with E-state index in [0.29, 0.717) is 19.5 Å². The number of aromatic nitrogens is 2. The van der Waals surface area contributed by atoms with Crippen molar-refractivity contribution in [2.24, 2.45) is 7.05 Å². The van der Waals surface area contributed by atoms with Gasteiger partial charge in [0.1, 0.15) is 0 Å². The van der Waals surface area contributed by atoms with E-state index in [0.717, 1.165) is 11.1 Å². The summed E-state index contributed by atoms with van der Waals surface area (Å²) in [7, 11) is -1.33. The summed E-state index contributed by atoms with van der Waals surface area (Å²) in [5.41, 5.74) is 3.35. The number of hydrogen-bond donors (Lipinski definition) is 0. The third-order valence-electron chi connectivity index (χ3n) is 4.15. The Labute approximate surface area is 131 Å². The van der Waals surface area contributed by atoms with E-state index >= 15 is 0 Å². The van der Waals surface area contributed by atoms with Crippen LogP contribution in [0.1, 0.15) is 36.0 Å². The van der Waals surface area contributed by atoms with Crippen LogP contribution >= 0.6 is 0 Å². The molecular formula is C16H21N3O2S. The van der Waals surface area contributed by atoms with Gasteiger partial charge in [0.2, 0.25) is 10.0 Å². The van der Waals surface area contributed by atoms with Crippen LogP contribution in [0.15, 0.2) is 36.7 Å². The van der Waals surface area contributed by atoms with Gasteiger partial charge >= 0.3 is 0 Å². The lowest BCUT2D eigenvalue weighted by molar-refractivity contribution is 0.371. The van der Waals surface area contributed by atoms with Crippen molar-refractivity contribution in [2.75, 3.05) is 12.3 Å². The molecule has 1 aromatic carbocycles. The monoisotopic (exact) mass is 319 g/mol. The second-order valence-electron chi connectivity index (χ2n) is 5.81. The SMILES string of the molecule is CCCS(=O)(=O)N1Cc2ccccc2C(c2cnn(C)c2)C1. The Morgan fingerprint density at radius 2 is 2.09 bits per heavy atom. The molecule has 0 bridgehead atoms. The summed E-state index contributed by atoms with van der Waals surface area (Å²) < 4.78 is 28.3. The number of aryl methyl sites for hydroxylation is 1. The molecule has 1 atom stereocenters. The van der Waals surface area contributed by atoms with Crippen LogP contribution in [0.5, 0.6) is 0 Å². The van der Waals surface area contributed by atoms with Gasteiger partial charge in [-0.2, -0.15) is 9.40 Å². The Morgan fingerprint density at radius 3 is 2.77 bits per heavy atom. The maximum absolute atomic E-state index is 12.5. The molecule has 0 saturated carbocycles. The zero-order valence-electron chi connectivity index (χ0n) is 12.9. The first-order valence-electron chi connectivity index (χ1n) is 7.55. The van der Waals surface area contributed by atoms with E-state index in [1.54, 1.807) is 8.99 Å². The molecule has 1 aliphatic rings. The molecule has 0 fully saturated rings. The van der Waals surface area contributed by atoms with Crippen molar-refractivity contribution in [3.05, 3.63) is 53.3 Å². The number of sulfonamides is 1. The second kappa shape index (κ2) is 5.85. The molecule has 0 spiro atoms. The highest BCUT2D eigenvalue weighted by molar-refractivity contribution is 7.89. The fraction of sp³-hybridized carbons (Fsp3) is 0.438. The molecule has 0 saturated heterocycles. The molecule has 1 aromatic heterocycles. The van der Waals surface area contributed by atoms with Gasteiger partial charge in [0, 0.05) is 32.3 Å². The van der Waals surface area contributed by atoms with Crippen LogP contribution in [0.2, 0.25) is 0 Å². The van der Waals surface area contributed by atoms with Crippen molar-refractivity contribution in [1.29, 1.82) is 0 Å². The van der Waals surface area contributed by atoms with Crippen LogP contribution < -0.4 is 0 Å². The van der Waals surface area contributed by atoms with Crippen LogP contribution in [0.25, 0.3) is 0 Å². The average Bonchev–Trinajstić information content (AvgIpc) is 2.92. The number of hydrogen-bond acceptors (Lipinski definition) is 3. The van der Waals surface area contributed by atoms with E-state index in [4.69, 9.17) is 0 Å². The third-order valence-corrected chi connectivity index (χ3v) is 6.14. The van der Waals surface area contributed by atoms with Crippen molar-refractivity contribution < 1.29 is 8.42 Å². The molecule has 0 radical (unpaired) electrons. The van der Waals surface area contributed by atoms with Gasteiger partial charge in [-0.15, -0.1) is 0 Å². The van der Waals surface area contributed by atoms with E-state index in [1.807, 2.05) is 44.6 Å². The topological polar surface area (TPSA) is 55.2 Å². The minimum absolute atomic E-state index is 0.0466. The predicted octanol–water partition coefficient (Wildman–Crippen LogP) is 2.11. The summed E-state index contributed by atoms with van der Waals surface area (Å²) in [6, 6.07) is 8.09. The summed E-state index contributed by atoms with van der Waals surface area (Å²) in [6.45, 7) is 2.86. The average molecular weight is 319 g/mol. The quantitative estimate of drug-likeness (QED) is 0.867. The number of benzene rings is 1. The number of nitrogens with zero attached hydrogens (tertiary/aromatic N) is 3. The standard InChI is InChI=1S/C16H21N3O2S/c1-3-8-22(20,21)19-11-13-6-4-5-7-15(13)16(12-19)14-9-17-18(2)10-14/h4-7,9-10,16H,3,8,11-12H2,1-2H3. The molecule has 2 aromatic rings. The minimum Gasteiger partial charge on any atom is -0.276 e. The largest absolute Gasteiger partial charge is 0.276 e. The molecule has 118 valence electrons. The lowest BCUT2D eigenvalue weighted by Gasteiger charge is -2.33. The van der Waals surface area contributed by atoms with Crippen LogP contribution in [-0.4, -0.2) is 34.8 Å². The Morgan fingerprint density at radius 1 is 1.32 bits per heavy atom. The molecule has 1 aliphatic heterocycles. The Balaban J connectivity index is 2.02. The molecule has 22 heavy (non-hydrogen) atoms. The third kappa shape index (κ3) is 2.80. The van der Waals surface area contributed by atoms with Crippen molar-refractivity contribution in [2.45, 2.75) is 25.8 Å². The molecule has 1 unspecified atom stereocenters. The van der Waals surface area contributed by atoms with E-state index in [1.165, 1.54) is 5.56 Å². The molecule has 0 amide bonds. The van der Waals surface area contributed by atoms with Crippen molar-refractivity contribution in [3.8, 4) is 0 Å². The van der Waals surface area contributed by atoms with Gasteiger partial charge in [-0.25, -0.2) is 8.42 Å². The van der Waals surface area contributed by atoms with E-state index < -0.39 is 10.0 Å². The maximum atomic E-state index is 12.5. The van der Waals surface area contributed by atoms with Gasteiger partial charge in [-0.1, -0.05) is 31.2 Å². The lowest BCUT2D eigenvalue weighted by Crippen LogP contribution is -2.39. The van der Waals surface area contributed by atoms with Gasteiger partial charge in [-0.3, -0.25) is 4.68 Å². The molecule has 0 N–H and O–H groups in total. The molecule has 3 rings (SSSR count). The zero-order chi connectivity index (χ0) is 15.7. The van der Waals surface area contributed by atoms with E-state index in [2.05, 4.69) is 11.2 Å². The Hall–Kier alpha value is -1.66. The first-order valence-corrected chi connectivity index (χ1v) is 9.16. The van der Waals surface area contributed by atoms with Crippen LogP contribution in [-0.2, 0) is 23.6 Å². The van der Waals surface area contributed by atoms with Crippen LogP contribution in [0.4, 0.5) is 0 Å². The van der Waals surface area contributed by atoms with Crippen LogP contribution in [0, 0.1) is 0 Å². The van der Waals surface area contributed by atoms with Gasteiger partial charge in [-0.05, 0) is 23.1 Å². The maximum Gasteiger partial charge on any atom is 0.214 e. The zero-order valence-corrected chi connectivity index (χ0v) is 13.8. The smallest absolute Gasteiger partial charge is 0.214 e. The second-order valence-corrected chi connectivity index (χ2v) is 7.90. The molecule has 5 nitrogen and oxygen atoms in total.